The minimum absolute atomic E-state index is 0.295. The molecule has 1 heterocycles. The van der Waals surface area contributed by atoms with Crippen molar-refractivity contribution in [2.45, 2.75) is 6.92 Å². The summed E-state index contributed by atoms with van der Waals surface area (Å²) in [5, 5.41) is 1.33. The molecular weight excluding hydrogens is 288 g/mol. The van der Waals surface area contributed by atoms with E-state index in [2.05, 4.69) is 0 Å². The van der Waals surface area contributed by atoms with Crippen molar-refractivity contribution in [3.8, 4) is 11.3 Å². The van der Waals surface area contributed by atoms with E-state index in [1.807, 2.05) is 30.3 Å². The minimum atomic E-state index is -0.446. The third kappa shape index (κ3) is 2.52. The number of benzene rings is 2. The first-order valence-electron chi connectivity index (χ1n) is 6.65. The van der Waals surface area contributed by atoms with Crippen molar-refractivity contribution in [2.24, 2.45) is 0 Å². The molecule has 3 aromatic rings. The Bertz CT molecular complexity index is 772. The lowest BCUT2D eigenvalue weighted by Gasteiger charge is -2.08. The molecule has 0 radical (unpaired) electrons. The van der Waals surface area contributed by atoms with Gasteiger partial charge in [-0.05, 0) is 25.1 Å². The second-order valence-electron chi connectivity index (χ2n) is 4.53. The van der Waals surface area contributed by atoms with E-state index in [0.29, 0.717) is 28.5 Å². The molecule has 3 nitrogen and oxygen atoms in total. The van der Waals surface area contributed by atoms with Gasteiger partial charge in [-0.1, -0.05) is 41.9 Å². The monoisotopic (exact) mass is 300 g/mol. The summed E-state index contributed by atoms with van der Waals surface area (Å²) >= 11 is 6.17. The number of carbonyl (C=O) groups excluding carboxylic acids is 1. The summed E-state index contributed by atoms with van der Waals surface area (Å²) in [5.74, 6) is 0.153. The van der Waals surface area contributed by atoms with Crippen LogP contribution in [-0.4, -0.2) is 12.6 Å². The SMILES string of the molecule is CCOC(=O)c1c(Cl)cccc1-c1cc2ccccc2o1. The number of rotatable bonds is 3. The van der Waals surface area contributed by atoms with E-state index in [-0.39, 0.29) is 0 Å². The highest BCUT2D eigenvalue weighted by molar-refractivity contribution is 6.34. The van der Waals surface area contributed by atoms with Crippen LogP contribution in [0.4, 0.5) is 0 Å². The zero-order valence-corrected chi connectivity index (χ0v) is 12.2. The third-order valence-corrected chi connectivity index (χ3v) is 3.50. The van der Waals surface area contributed by atoms with E-state index < -0.39 is 5.97 Å². The number of hydrogen-bond acceptors (Lipinski definition) is 3. The summed E-state index contributed by atoms with van der Waals surface area (Å²) in [5.41, 5.74) is 1.74. The summed E-state index contributed by atoms with van der Waals surface area (Å²) < 4.78 is 10.9. The Labute approximate surface area is 127 Å². The standard InChI is InChI=1S/C17H13ClO3/c1-2-20-17(19)16-12(7-5-8-13(16)18)15-10-11-6-3-4-9-14(11)21-15/h3-10H,2H2,1H3. The van der Waals surface area contributed by atoms with Gasteiger partial charge in [0.2, 0.25) is 0 Å². The molecule has 21 heavy (non-hydrogen) atoms. The van der Waals surface area contributed by atoms with E-state index in [1.165, 1.54) is 0 Å². The number of para-hydroxylation sites is 1. The smallest absolute Gasteiger partial charge is 0.340 e. The quantitative estimate of drug-likeness (QED) is 0.644. The fraction of sp³-hybridized carbons (Fsp3) is 0.118. The van der Waals surface area contributed by atoms with Crippen LogP contribution in [-0.2, 0) is 4.74 Å². The number of fused-ring (bicyclic) bond motifs is 1. The molecule has 0 saturated heterocycles. The maximum atomic E-state index is 12.1. The topological polar surface area (TPSA) is 39.4 Å². The molecule has 0 aliphatic rings. The van der Waals surface area contributed by atoms with Crippen molar-refractivity contribution in [1.82, 2.24) is 0 Å². The lowest BCUT2D eigenvalue weighted by Crippen LogP contribution is -2.07. The van der Waals surface area contributed by atoms with Gasteiger partial charge >= 0.3 is 5.97 Å². The highest BCUT2D eigenvalue weighted by Crippen LogP contribution is 2.33. The van der Waals surface area contributed by atoms with Gasteiger partial charge in [-0.3, -0.25) is 0 Å². The largest absolute Gasteiger partial charge is 0.462 e. The number of esters is 1. The second-order valence-corrected chi connectivity index (χ2v) is 4.94. The number of ether oxygens (including phenoxy) is 1. The molecule has 2 aromatic carbocycles. The summed E-state index contributed by atoms with van der Waals surface area (Å²) in [6.07, 6.45) is 0. The van der Waals surface area contributed by atoms with Crippen molar-refractivity contribution in [3.05, 3.63) is 59.1 Å². The Kier molecular flexibility index (Phi) is 3.67. The van der Waals surface area contributed by atoms with E-state index >= 15 is 0 Å². The summed E-state index contributed by atoms with van der Waals surface area (Å²) in [4.78, 5) is 12.1. The Hall–Kier alpha value is -2.26. The first-order valence-corrected chi connectivity index (χ1v) is 7.03. The molecule has 0 unspecified atom stereocenters. The maximum Gasteiger partial charge on any atom is 0.340 e. The van der Waals surface area contributed by atoms with Gasteiger partial charge in [-0.2, -0.15) is 0 Å². The maximum absolute atomic E-state index is 12.1. The molecular formula is C17H13ClO3. The minimum Gasteiger partial charge on any atom is -0.462 e. The van der Waals surface area contributed by atoms with Crippen molar-refractivity contribution in [1.29, 1.82) is 0 Å². The van der Waals surface area contributed by atoms with E-state index in [1.54, 1.807) is 25.1 Å². The first-order chi connectivity index (χ1) is 10.2. The molecule has 1 aromatic heterocycles. The van der Waals surface area contributed by atoms with Gasteiger partial charge in [-0.25, -0.2) is 4.79 Å². The lowest BCUT2D eigenvalue weighted by molar-refractivity contribution is 0.0527. The third-order valence-electron chi connectivity index (χ3n) is 3.18. The Morgan fingerprint density at radius 1 is 1.19 bits per heavy atom. The molecule has 0 amide bonds. The number of halogens is 1. The fourth-order valence-corrected chi connectivity index (χ4v) is 2.51. The van der Waals surface area contributed by atoms with Crippen LogP contribution in [0.5, 0.6) is 0 Å². The van der Waals surface area contributed by atoms with Gasteiger partial charge in [0.15, 0.2) is 0 Å². The van der Waals surface area contributed by atoms with E-state index in [9.17, 15) is 4.79 Å². The van der Waals surface area contributed by atoms with Gasteiger partial charge in [0.25, 0.3) is 0 Å². The molecule has 3 rings (SSSR count). The predicted octanol–water partition coefficient (Wildman–Crippen LogP) is 4.93. The molecule has 4 heteroatoms. The van der Waals surface area contributed by atoms with E-state index in [4.69, 9.17) is 20.8 Å². The van der Waals surface area contributed by atoms with E-state index in [0.717, 1.165) is 11.0 Å². The molecule has 0 atom stereocenters. The first kappa shape index (κ1) is 13.7. The van der Waals surface area contributed by atoms with Crippen LogP contribution >= 0.6 is 11.6 Å². The van der Waals surface area contributed by atoms with Crippen molar-refractivity contribution in [2.75, 3.05) is 6.61 Å². The summed E-state index contributed by atoms with van der Waals surface area (Å²) in [6, 6.07) is 14.8. The Morgan fingerprint density at radius 3 is 2.76 bits per heavy atom. The van der Waals surface area contributed by atoms with Gasteiger partial charge < -0.3 is 9.15 Å². The van der Waals surface area contributed by atoms with Gasteiger partial charge in [0, 0.05) is 10.9 Å². The zero-order valence-electron chi connectivity index (χ0n) is 11.4. The van der Waals surface area contributed by atoms with Crippen LogP contribution in [0, 0.1) is 0 Å². The average Bonchev–Trinajstić information content (AvgIpc) is 2.91. The highest BCUT2D eigenvalue weighted by atomic mass is 35.5. The molecule has 0 fully saturated rings. The molecule has 0 aliphatic carbocycles. The molecule has 0 N–H and O–H groups in total. The normalized spacial score (nSPS) is 10.8. The number of furan rings is 1. The summed E-state index contributed by atoms with van der Waals surface area (Å²) in [6.45, 7) is 2.05. The number of carbonyl (C=O) groups is 1. The van der Waals surface area contributed by atoms with Crippen molar-refractivity contribution < 1.29 is 13.9 Å². The predicted molar refractivity (Wildman–Crippen MR) is 82.6 cm³/mol. The molecule has 0 spiro atoms. The lowest BCUT2D eigenvalue weighted by atomic mass is 10.0. The van der Waals surface area contributed by atoms with Crippen LogP contribution in [0.1, 0.15) is 17.3 Å². The summed E-state index contributed by atoms with van der Waals surface area (Å²) in [7, 11) is 0. The van der Waals surface area contributed by atoms with Crippen LogP contribution in [0.25, 0.3) is 22.3 Å². The highest BCUT2D eigenvalue weighted by Gasteiger charge is 2.20. The van der Waals surface area contributed by atoms with Gasteiger partial charge in [0.1, 0.15) is 11.3 Å². The van der Waals surface area contributed by atoms with Crippen LogP contribution in [0.15, 0.2) is 52.9 Å². The molecule has 0 aliphatic heterocycles. The Morgan fingerprint density at radius 2 is 2.00 bits per heavy atom. The van der Waals surface area contributed by atoms with Crippen molar-refractivity contribution in [3.63, 3.8) is 0 Å². The van der Waals surface area contributed by atoms with Crippen LogP contribution in [0.3, 0.4) is 0 Å². The zero-order chi connectivity index (χ0) is 14.8. The average molecular weight is 301 g/mol. The van der Waals surface area contributed by atoms with Crippen molar-refractivity contribution >= 4 is 28.5 Å². The molecule has 0 saturated carbocycles. The van der Waals surface area contributed by atoms with Gasteiger partial charge in [-0.15, -0.1) is 0 Å². The fourth-order valence-electron chi connectivity index (χ4n) is 2.25. The van der Waals surface area contributed by atoms with Crippen LogP contribution < -0.4 is 0 Å². The van der Waals surface area contributed by atoms with Gasteiger partial charge in [0.05, 0.1) is 17.2 Å². The van der Waals surface area contributed by atoms with Crippen LogP contribution in [0.2, 0.25) is 5.02 Å². The molecule has 106 valence electrons. The second kappa shape index (κ2) is 5.62. The molecule has 0 bridgehead atoms. The Balaban J connectivity index is 2.17. The number of hydrogen-bond donors (Lipinski definition) is 0.